The number of nitrogens with one attached hydrogen (secondary N) is 1. The fraction of sp³-hybridized carbons (Fsp3) is 0.429. The number of hydrogen-bond acceptors (Lipinski definition) is 1. The van der Waals surface area contributed by atoms with Crippen LogP contribution in [0.15, 0.2) is 24.3 Å². The van der Waals surface area contributed by atoms with Crippen LogP contribution in [0.1, 0.15) is 25.8 Å². The van der Waals surface area contributed by atoms with Gasteiger partial charge in [-0.3, -0.25) is 0 Å². The monoisotopic (exact) mass is 255 g/mol. The molecule has 0 unspecified atom stereocenters. The van der Waals surface area contributed by atoms with Crippen LogP contribution in [-0.2, 0) is 0 Å². The Bertz CT molecular complexity index is 374. The lowest BCUT2D eigenvalue weighted by atomic mass is 10.2. The lowest BCUT2D eigenvalue weighted by Gasteiger charge is -2.05. The maximum atomic E-state index is 13.0. The maximum Gasteiger partial charge on any atom is 0.123 e. The highest BCUT2D eigenvalue weighted by Gasteiger charge is 1.97. The topological polar surface area (TPSA) is 12.0 Å². The Hall–Kier alpha value is -0.860. The van der Waals surface area contributed by atoms with E-state index in [0.29, 0.717) is 10.9 Å². The molecule has 0 aliphatic heterocycles. The van der Waals surface area contributed by atoms with Gasteiger partial charge in [0.1, 0.15) is 5.82 Å². The first-order valence-electron chi connectivity index (χ1n) is 5.92. The van der Waals surface area contributed by atoms with E-state index >= 15 is 0 Å². The first-order chi connectivity index (χ1) is 8.09. The molecule has 1 N–H and O–H groups in total. The van der Waals surface area contributed by atoms with Crippen LogP contribution >= 0.6 is 11.6 Å². The minimum absolute atomic E-state index is 0.257. The first-order valence-corrected chi connectivity index (χ1v) is 6.29. The van der Waals surface area contributed by atoms with Gasteiger partial charge < -0.3 is 5.32 Å². The predicted octanol–water partition coefficient (Wildman–Crippen LogP) is 4.13. The van der Waals surface area contributed by atoms with Crippen LogP contribution in [0, 0.1) is 11.7 Å². The zero-order valence-electron chi connectivity index (χ0n) is 10.3. The van der Waals surface area contributed by atoms with Crippen LogP contribution in [0.4, 0.5) is 4.39 Å². The Kier molecular flexibility index (Phi) is 6.23. The standard InChI is InChI=1S/C14H19ClFN/c1-11(2)10-17-8-4-3-5-12-9-13(16)6-7-14(12)15/h3,5-7,9,11,17H,4,8,10H2,1-2H3/b5-3+. The third-order valence-electron chi connectivity index (χ3n) is 2.30. The Labute approximate surface area is 108 Å². The summed E-state index contributed by atoms with van der Waals surface area (Å²) in [6.45, 7) is 6.31. The van der Waals surface area contributed by atoms with E-state index in [9.17, 15) is 4.39 Å². The van der Waals surface area contributed by atoms with E-state index in [1.807, 2.05) is 12.2 Å². The minimum atomic E-state index is -0.257. The minimum Gasteiger partial charge on any atom is -0.316 e. The van der Waals surface area contributed by atoms with Gasteiger partial charge in [-0.25, -0.2) is 4.39 Å². The molecule has 0 aliphatic carbocycles. The fourth-order valence-electron chi connectivity index (χ4n) is 1.43. The summed E-state index contributed by atoms with van der Waals surface area (Å²) in [6, 6.07) is 4.39. The summed E-state index contributed by atoms with van der Waals surface area (Å²) in [5, 5.41) is 3.92. The van der Waals surface area contributed by atoms with Gasteiger partial charge in [0, 0.05) is 5.02 Å². The molecule has 0 atom stereocenters. The molecular weight excluding hydrogens is 237 g/mol. The number of rotatable bonds is 6. The van der Waals surface area contributed by atoms with Crippen LogP contribution in [0.25, 0.3) is 6.08 Å². The lowest BCUT2D eigenvalue weighted by Crippen LogP contribution is -2.20. The predicted molar refractivity (Wildman–Crippen MR) is 72.8 cm³/mol. The highest BCUT2D eigenvalue weighted by Crippen LogP contribution is 2.18. The van der Waals surface area contributed by atoms with Gasteiger partial charge in [-0.1, -0.05) is 37.6 Å². The molecule has 0 radical (unpaired) electrons. The second kappa shape index (κ2) is 7.46. The van der Waals surface area contributed by atoms with Crippen LogP contribution in [0.2, 0.25) is 5.02 Å². The number of hydrogen-bond donors (Lipinski definition) is 1. The van der Waals surface area contributed by atoms with Crippen molar-refractivity contribution in [3.63, 3.8) is 0 Å². The molecule has 0 amide bonds. The fourth-order valence-corrected chi connectivity index (χ4v) is 1.61. The van der Waals surface area contributed by atoms with Crippen molar-refractivity contribution < 1.29 is 4.39 Å². The lowest BCUT2D eigenvalue weighted by molar-refractivity contribution is 0.557. The number of halogens is 2. The molecule has 1 aromatic rings. The van der Waals surface area contributed by atoms with Gasteiger partial charge in [0.15, 0.2) is 0 Å². The molecule has 0 spiro atoms. The number of benzene rings is 1. The molecular formula is C14H19ClFN. The molecule has 17 heavy (non-hydrogen) atoms. The van der Waals surface area contributed by atoms with Gasteiger partial charge in [-0.15, -0.1) is 0 Å². The van der Waals surface area contributed by atoms with Crippen molar-refractivity contribution in [1.29, 1.82) is 0 Å². The van der Waals surface area contributed by atoms with E-state index in [0.717, 1.165) is 25.1 Å². The Morgan fingerprint density at radius 2 is 2.18 bits per heavy atom. The summed E-state index contributed by atoms with van der Waals surface area (Å²) >= 11 is 5.94. The Morgan fingerprint density at radius 1 is 1.41 bits per heavy atom. The zero-order chi connectivity index (χ0) is 12.7. The van der Waals surface area contributed by atoms with Gasteiger partial charge in [-0.2, -0.15) is 0 Å². The Balaban J connectivity index is 2.35. The summed E-state index contributed by atoms with van der Waals surface area (Å²) in [5.41, 5.74) is 0.732. The molecule has 94 valence electrons. The largest absolute Gasteiger partial charge is 0.316 e. The van der Waals surface area contributed by atoms with E-state index < -0.39 is 0 Å². The summed E-state index contributed by atoms with van der Waals surface area (Å²) in [4.78, 5) is 0. The zero-order valence-corrected chi connectivity index (χ0v) is 11.1. The third-order valence-corrected chi connectivity index (χ3v) is 2.64. The molecule has 0 saturated carbocycles. The molecule has 0 aromatic heterocycles. The molecule has 0 fully saturated rings. The second-order valence-corrected chi connectivity index (χ2v) is 4.86. The van der Waals surface area contributed by atoms with Crippen molar-refractivity contribution in [2.24, 2.45) is 5.92 Å². The van der Waals surface area contributed by atoms with E-state index in [-0.39, 0.29) is 5.82 Å². The van der Waals surface area contributed by atoms with Crippen molar-refractivity contribution in [3.8, 4) is 0 Å². The average molecular weight is 256 g/mol. The van der Waals surface area contributed by atoms with E-state index in [1.165, 1.54) is 12.1 Å². The molecule has 1 rings (SSSR count). The van der Waals surface area contributed by atoms with Crippen LogP contribution < -0.4 is 5.32 Å². The molecule has 0 heterocycles. The first kappa shape index (κ1) is 14.2. The quantitative estimate of drug-likeness (QED) is 0.754. The van der Waals surface area contributed by atoms with Gasteiger partial charge in [0.2, 0.25) is 0 Å². The summed E-state index contributed by atoms with van der Waals surface area (Å²) < 4.78 is 13.0. The molecule has 3 heteroatoms. The second-order valence-electron chi connectivity index (χ2n) is 4.45. The van der Waals surface area contributed by atoms with E-state index in [2.05, 4.69) is 19.2 Å². The third kappa shape index (κ3) is 5.85. The van der Waals surface area contributed by atoms with E-state index in [1.54, 1.807) is 6.07 Å². The SMILES string of the molecule is CC(C)CNCC/C=C/c1cc(F)ccc1Cl. The van der Waals surface area contributed by atoms with Gasteiger partial charge in [0.05, 0.1) is 0 Å². The molecule has 0 saturated heterocycles. The normalized spacial score (nSPS) is 11.6. The maximum absolute atomic E-state index is 13.0. The molecule has 1 aromatic carbocycles. The van der Waals surface area contributed by atoms with E-state index in [4.69, 9.17) is 11.6 Å². The van der Waals surface area contributed by atoms with Crippen LogP contribution in [-0.4, -0.2) is 13.1 Å². The summed E-state index contributed by atoms with van der Waals surface area (Å²) in [6.07, 6.45) is 4.79. The average Bonchev–Trinajstić information content (AvgIpc) is 2.27. The van der Waals surface area contributed by atoms with Gasteiger partial charge >= 0.3 is 0 Å². The van der Waals surface area contributed by atoms with Crippen LogP contribution in [0.5, 0.6) is 0 Å². The molecule has 0 bridgehead atoms. The van der Waals surface area contributed by atoms with Crippen molar-refractivity contribution >= 4 is 17.7 Å². The molecule has 0 aliphatic rings. The van der Waals surface area contributed by atoms with Crippen LogP contribution in [0.3, 0.4) is 0 Å². The van der Waals surface area contributed by atoms with Gasteiger partial charge in [0.25, 0.3) is 0 Å². The smallest absolute Gasteiger partial charge is 0.123 e. The van der Waals surface area contributed by atoms with Crippen molar-refractivity contribution in [1.82, 2.24) is 5.32 Å². The van der Waals surface area contributed by atoms with Crippen molar-refractivity contribution in [3.05, 3.63) is 40.7 Å². The summed E-state index contributed by atoms with van der Waals surface area (Å²) in [5.74, 6) is 0.406. The van der Waals surface area contributed by atoms with Crippen molar-refractivity contribution in [2.75, 3.05) is 13.1 Å². The van der Waals surface area contributed by atoms with Gasteiger partial charge in [-0.05, 0) is 49.2 Å². The Morgan fingerprint density at radius 3 is 2.88 bits per heavy atom. The molecule has 1 nitrogen and oxygen atoms in total. The highest BCUT2D eigenvalue weighted by atomic mass is 35.5. The summed E-state index contributed by atoms with van der Waals surface area (Å²) in [7, 11) is 0. The van der Waals surface area contributed by atoms with Crippen molar-refractivity contribution in [2.45, 2.75) is 20.3 Å². The highest BCUT2D eigenvalue weighted by molar-refractivity contribution is 6.32.